The van der Waals surface area contributed by atoms with Crippen molar-refractivity contribution >= 4 is 35.1 Å². The molecule has 2 heterocycles. The molecule has 0 bridgehead atoms. The van der Waals surface area contributed by atoms with Crippen molar-refractivity contribution in [1.29, 1.82) is 0 Å². The Hall–Kier alpha value is -2.90. The molecule has 0 radical (unpaired) electrons. The number of rotatable bonds is 5. The van der Waals surface area contributed by atoms with Crippen LogP contribution in [0.1, 0.15) is 31.9 Å². The predicted octanol–water partition coefficient (Wildman–Crippen LogP) is 3.37. The number of anilines is 1. The molecule has 0 spiro atoms. The first-order valence-electron chi connectivity index (χ1n) is 10.1. The second-order valence-electron chi connectivity index (χ2n) is 8.55. The number of aromatic hydroxyl groups is 1. The third kappa shape index (κ3) is 3.28. The fourth-order valence-electron chi connectivity index (χ4n) is 4.99. The van der Waals surface area contributed by atoms with Gasteiger partial charge in [0.1, 0.15) is 11.3 Å². The Morgan fingerprint density at radius 1 is 1.16 bits per heavy atom. The molecule has 162 valence electrons. The number of carboxylic acid groups (broad SMARTS) is 1. The molecule has 4 unspecified atom stereocenters. The van der Waals surface area contributed by atoms with Crippen molar-refractivity contribution < 1.29 is 24.6 Å². The van der Waals surface area contributed by atoms with E-state index in [2.05, 4.69) is 5.32 Å². The number of phenolic OH excluding ortho intramolecular Hbond substituents is 1. The lowest BCUT2D eigenvalue weighted by atomic mass is 9.75. The van der Waals surface area contributed by atoms with Crippen molar-refractivity contribution in [3.63, 3.8) is 0 Å². The monoisotopic (exact) mass is 442 g/mol. The van der Waals surface area contributed by atoms with Gasteiger partial charge in [0.2, 0.25) is 11.8 Å². The van der Waals surface area contributed by atoms with Gasteiger partial charge in [0.15, 0.2) is 0 Å². The number of imide groups is 1. The van der Waals surface area contributed by atoms with Crippen LogP contribution in [0.4, 0.5) is 5.69 Å². The molecule has 31 heavy (non-hydrogen) atoms. The summed E-state index contributed by atoms with van der Waals surface area (Å²) < 4.78 is 0. The molecule has 4 rings (SSSR count). The number of nitrogens with one attached hydrogen (secondary N) is 1. The number of aliphatic carboxylic acids is 1. The Labute approximate surface area is 184 Å². The quantitative estimate of drug-likeness (QED) is 0.613. The van der Waals surface area contributed by atoms with Gasteiger partial charge in [-0.1, -0.05) is 43.6 Å². The van der Waals surface area contributed by atoms with E-state index in [1.165, 1.54) is 18.2 Å². The number of para-hydroxylation sites is 1. The van der Waals surface area contributed by atoms with Crippen molar-refractivity contribution in [2.75, 3.05) is 4.90 Å². The molecule has 2 aromatic carbocycles. The van der Waals surface area contributed by atoms with Crippen LogP contribution < -0.4 is 10.2 Å². The summed E-state index contributed by atoms with van der Waals surface area (Å²) in [5.74, 6) is -4.55. The molecule has 2 aromatic rings. The van der Waals surface area contributed by atoms with Crippen molar-refractivity contribution in [1.82, 2.24) is 5.32 Å². The molecule has 2 fully saturated rings. The van der Waals surface area contributed by atoms with E-state index in [1.807, 2.05) is 13.8 Å². The summed E-state index contributed by atoms with van der Waals surface area (Å²) in [5, 5.41) is 24.2. The average molecular weight is 443 g/mol. The minimum atomic E-state index is -1.66. The molecule has 3 N–H and O–H groups in total. The highest BCUT2D eigenvalue weighted by molar-refractivity contribution is 6.30. The molecule has 0 saturated carbocycles. The van der Waals surface area contributed by atoms with Gasteiger partial charge in [0.05, 0.1) is 17.5 Å². The van der Waals surface area contributed by atoms with Gasteiger partial charge in [0, 0.05) is 16.6 Å². The van der Waals surface area contributed by atoms with Crippen LogP contribution >= 0.6 is 11.6 Å². The van der Waals surface area contributed by atoms with Crippen molar-refractivity contribution in [3.05, 3.63) is 59.1 Å². The smallest absolute Gasteiger partial charge is 0.324 e. The van der Waals surface area contributed by atoms with E-state index >= 15 is 0 Å². The Morgan fingerprint density at radius 3 is 2.45 bits per heavy atom. The minimum absolute atomic E-state index is 0.0652. The first kappa shape index (κ1) is 21.3. The van der Waals surface area contributed by atoms with E-state index in [0.29, 0.717) is 16.3 Å². The van der Waals surface area contributed by atoms with Gasteiger partial charge < -0.3 is 10.2 Å². The van der Waals surface area contributed by atoms with Crippen LogP contribution in [-0.2, 0) is 14.4 Å². The molecule has 2 saturated heterocycles. The number of fused-ring (bicyclic) bond motifs is 1. The molecule has 2 aliphatic heterocycles. The van der Waals surface area contributed by atoms with Crippen molar-refractivity contribution in [3.8, 4) is 5.75 Å². The van der Waals surface area contributed by atoms with Gasteiger partial charge in [-0.15, -0.1) is 0 Å². The summed E-state index contributed by atoms with van der Waals surface area (Å²) in [5.41, 5.74) is -0.968. The minimum Gasteiger partial charge on any atom is -0.508 e. The molecule has 4 atom stereocenters. The lowest BCUT2D eigenvalue weighted by molar-refractivity contribution is -0.149. The third-order valence-electron chi connectivity index (χ3n) is 6.11. The lowest BCUT2D eigenvalue weighted by Gasteiger charge is -2.32. The van der Waals surface area contributed by atoms with Crippen LogP contribution in [-0.4, -0.2) is 33.5 Å². The Balaban J connectivity index is 1.90. The van der Waals surface area contributed by atoms with E-state index in [1.54, 1.807) is 30.3 Å². The number of halogens is 1. The summed E-state index contributed by atoms with van der Waals surface area (Å²) in [7, 11) is 0. The number of nitrogens with zero attached hydrogens (tertiary/aromatic N) is 1. The molecular weight excluding hydrogens is 420 g/mol. The fourth-order valence-corrected chi connectivity index (χ4v) is 5.17. The van der Waals surface area contributed by atoms with Gasteiger partial charge in [-0.3, -0.25) is 19.7 Å². The summed E-state index contributed by atoms with van der Waals surface area (Å²) in [6.45, 7) is 3.73. The highest BCUT2D eigenvalue weighted by Crippen LogP contribution is 2.53. The molecule has 0 aliphatic carbocycles. The summed E-state index contributed by atoms with van der Waals surface area (Å²) in [4.78, 5) is 40.7. The van der Waals surface area contributed by atoms with E-state index in [0.717, 1.165) is 4.90 Å². The normalized spacial score (nSPS) is 27.7. The highest BCUT2D eigenvalue weighted by Gasteiger charge is 2.68. The number of carbonyl (C=O) groups is 3. The van der Waals surface area contributed by atoms with E-state index in [-0.39, 0.29) is 18.1 Å². The SMILES string of the molecule is CC(C)CC1(C(=O)O)NC(c2cc(Cl)ccc2O)C2C(=O)N(c3ccccc3)C(=O)C21. The van der Waals surface area contributed by atoms with Gasteiger partial charge in [-0.05, 0) is 42.7 Å². The number of hydrogen-bond acceptors (Lipinski definition) is 5. The number of carbonyl (C=O) groups excluding carboxylic acids is 2. The van der Waals surface area contributed by atoms with Crippen molar-refractivity contribution in [2.24, 2.45) is 17.8 Å². The lowest BCUT2D eigenvalue weighted by Crippen LogP contribution is -2.56. The summed E-state index contributed by atoms with van der Waals surface area (Å²) in [6.07, 6.45) is 0.142. The van der Waals surface area contributed by atoms with E-state index < -0.39 is 41.2 Å². The zero-order valence-electron chi connectivity index (χ0n) is 17.1. The first-order valence-corrected chi connectivity index (χ1v) is 10.5. The maximum Gasteiger partial charge on any atom is 0.324 e. The van der Waals surface area contributed by atoms with Gasteiger partial charge in [-0.25, -0.2) is 4.90 Å². The highest BCUT2D eigenvalue weighted by atomic mass is 35.5. The largest absolute Gasteiger partial charge is 0.508 e. The number of amides is 2. The predicted molar refractivity (Wildman–Crippen MR) is 115 cm³/mol. The topological polar surface area (TPSA) is 107 Å². The zero-order valence-corrected chi connectivity index (χ0v) is 17.8. The molecular formula is C23H23ClN2O5. The summed E-state index contributed by atoms with van der Waals surface area (Å²) in [6, 6.07) is 12.0. The Bertz CT molecular complexity index is 1060. The molecule has 0 aromatic heterocycles. The maximum absolute atomic E-state index is 13.5. The first-order chi connectivity index (χ1) is 14.7. The third-order valence-corrected chi connectivity index (χ3v) is 6.34. The maximum atomic E-state index is 13.5. The van der Waals surface area contributed by atoms with Gasteiger partial charge in [-0.2, -0.15) is 0 Å². The Morgan fingerprint density at radius 2 is 1.84 bits per heavy atom. The fraction of sp³-hybridized carbons (Fsp3) is 0.348. The van der Waals surface area contributed by atoms with E-state index in [4.69, 9.17) is 11.6 Å². The van der Waals surface area contributed by atoms with Crippen LogP contribution in [0, 0.1) is 17.8 Å². The number of hydrogen-bond donors (Lipinski definition) is 3. The van der Waals surface area contributed by atoms with Crippen LogP contribution in [0.25, 0.3) is 0 Å². The van der Waals surface area contributed by atoms with Crippen LogP contribution in [0.3, 0.4) is 0 Å². The molecule has 8 heteroatoms. The number of carboxylic acids is 1. The molecule has 2 amide bonds. The standard InChI is InChI=1S/C23H23ClN2O5/c1-12(2)11-23(22(30)31)18-17(19(25-23)15-10-13(24)8-9-16(15)27)20(28)26(21(18)29)14-6-4-3-5-7-14/h3-10,12,17-19,25,27H,11H2,1-2H3,(H,30,31). The van der Waals surface area contributed by atoms with Gasteiger partial charge in [0.25, 0.3) is 0 Å². The number of benzene rings is 2. The van der Waals surface area contributed by atoms with Crippen LogP contribution in [0.5, 0.6) is 5.75 Å². The molecule has 7 nitrogen and oxygen atoms in total. The number of phenols is 1. The van der Waals surface area contributed by atoms with E-state index in [9.17, 15) is 24.6 Å². The van der Waals surface area contributed by atoms with Crippen molar-refractivity contribution in [2.45, 2.75) is 31.8 Å². The zero-order chi connectivity index (χ0) is 22.5. The van der Waals surface area contributed by atoms with Crippen LogP contribution in [0.15, 0.2) is 48.5 Å². The second-order valence-corrected chi connectivity index (χ2v) is 8.99. The Kier molecular flexibility index (Phi) is 5.27. The summed E-state index contributed by atoms with van der Waals surface area (Å²) >= 11 is 6.13. The average Bonchev–Trinajstić information content (AvgIpc) is 3.18. The van der Waals surface area contributed by atoms with Gasteiger partial charge >= 0.3 is 5.97 Å². The second kappa shape index (κ2) is 7.66. The molecule has 2 aliphatic rings. The van der Waals surface area contributed by atoms with Crippen LogP contribution in [0.2, 0.25) is 5.02 Å².